The maximum atomic E-state index is 6.59. The van der Waals surface area contributed by atoms with Crippen molar-refractivity contribution in [2.24, 2.45) is 0 Å². The number of anilines is 3. The van der Waals surface area contributed by atoms with E-state index in [1.807, 2.05) is 6.07 Å². The molecule has 0 aliphatic heterocycles. The average Bonchev–Trinajstić information content (AvgIpc) is 3.68. The topological polar surface area (TPSA) is 16.4 Å². The average molecular weight is 632 g/mol. The summed E-state index contributed by atoms with van der Waals surface area (Å²) in [6, 6.07) is 49.3. The van der Waals surface area contributed by atoms with Crippen molar-refractivity contribution >= 4 is 49.8 Å². The van der Waals surface area contributed by atoms with Crippen molar-refractivity contribution in [2.75, 3.05) is 4.90 Å². The maximum Gasteiger partial charge on any atom is 0.159 e. The largest absolute Gasteiger partial charge is 0.454 e. The van der Waals surface area contributed by atoms with Crippen molar-refractivity contribution in [1.29, 1.82) is 0 Å². The molecular weight excluding hydrogens is 595 g/mol. The Hall–Kier alpha value is -5.60. The minimum absolute atomic E-state index is 0.0963. The zero-order valence-electron chi connectivity index (χ0n) is 28.6. The number of benzene rings is 7. The zero-order chi connectivity index (χ0) is 33.2. The van der Waals surface area contributed by atoms with Crippen LogP contribution >= 0.6 is 0 Å². The lowest BCUT2D eigenvalue weighted by atomic mass is 9.78. The van der Waals surface area contributed by atoms with Crippen molar-refractivity contribution in [3.05, 3.63) is 161 Å². The van der Waals surface area contributed by atoms with E-state index in [4.69, 9.17) is 4.42 Å². The number of hydrogen-bond acceptors (Lipinski definition) is 2. The Kier molecular flexibility index (Phi) is 5.65. The van der Waals surface area contributed by atoms with Gasteiger partial charge in [-0.25, -0.2) is 0 Å². The minimum atomic E-state index is -0.177. The molecule has 7 aromatic carbocycles. The van der Waals surface area contributed by atoms with Crippen LogP contribution in [0.3, 0.4) is 0 Å². The molecule has 2 heteroatoms. The monoisotopic (exact) mass is 631 g/mol. The van der Waals surface area contributed by atoms with Crippen LogP contribution in [0.2, 0.25) is 0 Å². The predicted octanol–water partition coefficient (Wildman–Crippen LogP) is 13.1. The summed E-state index contributed by atoms with van der Waals surface area (Å²) in [5.41, 5.74) is 17.1. The third-order valence-electron chi connectivity index (χ3n) is 11.5. The van der Waals surface area contributed by atoms with E-state index in [2.05, 4.69) is 167 Å². The molecule has 10 rings (SSSR count). The standard InChI is InChI=1S/C47H37NO/c1-28-17-20-30(21-18-28)48(42-15-10-14-36-34-13-8-9-16-43(34)49-45(36)42)31-22-24-33-37-26-41-38(27-40(37)46(2,3)39(33)25-31)35-23-19-29-11-6-7-12-32(29)44(35)47(41,4)5/h6-27H,1-5H3. The van der Waals surface area contributed by atoms with Crippen LogP contribution < -0.4 is 4.90 Å². The van der Waals surface area contributed by atoms with E-state index in [0.29, 0.717) is 0 Å². The van der Waals surface area contributed by atoms with Gasteiger partial charge in [0.25, 0.3) is 0 Å². The predicted molar refractivity (Wildman–Crippen MR) is 206 cm³/mol. The highest BCUT2D eigenvalue weighted by atomic mass is 16.3. The summed E-state index contributed by atoms with van der Waals surface area (Å²) in [6.45, 7) is 11.7. The van der Waals surface area contributed by atoms with Crippen LogP contribution in [0.1, 0.15) is 55.5 Å². The van der Waals surface area contributed by atoms with Crippen LogP contribution in [0.15, 0.2) is 138 Å². The molecule has 0 unspecified atom stereocenters. The van der Waals surface area contributed by atoms with Crippen LogP contribution in [0.5, 0.6) is 0 Å². The number of nitrogens with zero attached hydrogens (tertiary/aromatic N) is 1. The second kappa shape index (κ2) is 9.74. The number of fused-ring (bicyclic) bond motifs is 11. The minimum Gasteiger partial charge on any atom is -0.454 e. The van der Waals surface area contributed by atoms with Gasteiger partial charge in [-0.2, -0.15) is 0 Å². The van der Waals surface area contributed by atoms with Crippen LogP contribution in [0.25, 0.3) is 55.0 Å². The van der Waals surface area contributed by atoms with E-state index in [-0.39, 0.29) is 10.8 Å². The number of para-hydroxylation sites is 2. The van der Waals surface area contributed by atoms with E-state index in [9.17, 15) is 0 Å². The molecule has 0 bridgehead atoms. The lowest BCUT2D eigenvalue weighted by Gasteiger charge is -2.28. The van der Waals surface area contributed by atoms with Gasteiger partial charge in [0.1, 0.15) is 5.58 Å². The number of rotatable bonds is 3. The Morgan fingerprint density at radius 1 is 0.490 bits per heavy atom. The zero-order valence-corrected chi connectivity index (χ0v) is 28.6. The molecule has 0 atom stereocenters. The third kappa shape index (κ3) is 3.83. The molecule has 0 fully saturated rings. The fraction of sp³-hybridized carbons (Fsp3) is 0.149. The molecule has 2 aliphatic carbocycles. The van der Waals surface area contributed by atoms with Gasteiger partial charge >= 0.3 is 0 Å². The van der Waals surface area contributed by atoms with Gasteiger partial charge in [0.05, 0.1) is 5.69 Å². The molecule has 49 heavy (non-hydrogen) atoms. The first-order valence-electron chi connectivity index (χ1n) is 17.4. The highest BCUT2D eigenvalue weighted by Crippen LogP contribution is 2.58. The van der Waals surface area contributed by atoms with Gasteiger partial charge in [0, 0.05) is 33.0 Å². The Labute approximate surface area is 287 Å². The van der Waals surface area contributed by atoms with E-state index in [1.54, 1.807) is 0 Å². The number of hydrogen-bond donors (Lipinski definition) is 0. The van der Waals surface area contributed by atoms with Crippen LogP contribution in [-0.2, 0) is 10.8 Å². The Bertz CT molecular complexity index is 2670. The van der Waals surface area contributed by atoms with Gasteiger partial charge in [-0.15, -0.1) is 0 Å². The fourth-order valence-electron chi connectivity index (χ4n) is 8.98. The first kappa shape index (κ1) is 28.4. The first-order chi connectivity index (χ1) is 23.7. The van der Waals surface area contributed by atoms with Gasteiger partial charge in [-0.05, 0) is 111 Å². The highest BCUT2D eigenvalue weighted by molar-refractivity contribution is 6.10. The summed E-state index contributed by atoms with van der Waals surface area (Å²) < 4.78 is 6.59. The molecule has 236 valence electrons. The van der Waals surface area contributed by atoms with Crippen LogP contribution in [0, 0.1) is 6.92 Å². The number of furan rings is 1. The fourth-order valence-corrected chi connectivity index (χ4v) is 8.98. The van der Waals surface area contributed by atoms with Gasteiger partial charge < -0.3 is 9.32 Å². The highest BCUT2D eigenvalue weighted by Gasteiger charge is 2.42. The van der Waals surface area contributed by atoms with E-state index < -0.39 is 0 Å². The molecule has 2 nitrogen and oxygen atoms in total. The third-order valence-corrected chi connectivity index (χ3v) is 11.5. The van der Waals surface area contributed by atoms with Gasteiger partial charge in [-0.1, -0.05) is 118 Å². The van der Waals surface area contributed by atoms with Gasteiger partial charge in [0.15, 0.2) is 5.58 Å². The summed E-state index contributed by atoms with van der Waals surface area (Å²) in [6.07, 6.45) is 0. The second-order valence-electron chi connectivity index (χ2n) is 15.1. The molecule has 1 aromatic heterocycles. The lowest BCUT2D eigenvalue weighted by Crippen LogP contribution is -2.17. The van der Waals surface area contributed by atoms with Crippen LogP contribution in [-0.4, -0.2) is 0 Å². The van der Waals surface area contributed by atoms with Gasteiger partial charge in [0.2, 0.25) is 0 Å². The lowest BCUT2D eigenvalue weighted by molar-refractivity contribution is 0.654. The summed E-state index contributed by atoms with van der Waals surface area (Å²) in [5.74, 6) is 0. The van der Waals surface area contributed by atoms with Crippen molar-refractivity contribution in [2.45, 2.75) is 45.4 Å². The smallest absolute Gasteiger partial charge is 0.159 e. The normalized spacial score (nSPS) is 15.0. The summed E-state index contributed by atoms with van der Waals surface area (Å²) >= 11 is 0. The molecule has 0 spiro atoms. The second-order valence-corrected chi connectivity index (χ2v) is 15.1. The van der Waals surface area contributed by atoms with Gasteiger partial charge in [-0.3, -0.25) is 0 Å². The van der Waals surface area contributed by atoms with E-state index in [1.165, 1.54) is 60.8 Å². The Balaban J connectivity index is 1.16. The summed E-state index contributed by atoms with van der Waals surface area (Å²) in [5, 5.41) is 4.94. The molecule has 0 saturated heterocycles. The Morgan fingerprint density at radius 2 is 1.12 bits per heavy atom. The number of aryl methyl sites for hydroxylation is 1. The SMILES string of the molecule is Cc1ccc(N(c2ccc3c(c2)C(C)(C)c2cc4c(cc2-3)C(C)(C)c2c-4ccc3ccccc23)c2cccc3c2oc2ccccc23)cc1. The molecular formula is C47H37NO. The van der Waals surface area contributed by atoms with Crippen LogP contribution in [0.4, 0.5) is 17.1 Å². The summed E-state index contributed by atoms with van der Waals surface area (Å²) in [4.78, 5) is 2.37. The molecule has 0 saturated carbocycles. The van der Waals surface area contributed by atoms with Crippen molar-refractivity contribution in [3.8, 4) is 22.3 Å². The Morgan fingerprint density at radius 3 is 1.94 bits per heavy atom. The molecule has 1 heterocycles. The quantitative estimate of drug-likeness (QED) is 0.193. The van der Waals surface area contributed by atoms with Crippen molar-refractivity contribution in [3.63, 3.8) is 0 Å². The molecule has 2 aliphatic rings. The van der Waals surface area contributed by atoms with Crippen molar-refractivity contribution < 1.29 is 4.42 Å². The maximum absolute atomic E-state index is 6.59. The molecule has 0 N–H and O–H groups in total. The van der Waals surface area contributed by atoms with E-state index >= 15 is 0 Å². The van der Waals surface area contributed by atoms with Crippen molar-refractivity contribution in [1.82, 2.24) is 0 Å². The molecule has 0 radical (unpaired) electrons. The van der Waals surface area contributed by atoms with E-state index in [0.717, 1.165) is 39.0 Å². The summed E-state index contributed by atoms with van der Waals surface area (Å²) in [7, 11) is 0. The molecule has 8 aromatic rings. The molecule has 0 amide bonds. The first-order valence-corrected chi connectivity index (χ1v) is 17.4.